The lowest BCUT2D eigenvalue weighted by Gasteiger charge is -2.31. The largest absolute Gasteiger partial charge is 0.396 e. The minimum absolute atomic E-state index is 0.393. The van der Waals surface area contributed by atoms with Crippen LogP contribution in [-0.2, 0) is 4.74 Å². The molecule has 1 aromatic heterocycles. The SMILES string of the molecule is Cc1ccc(N)c(N2CCOC(C#N)C2)n1. The van der Waals surface area contributed by atoms with Gasteiger partial charge in [0.25, 0.3) is 0 Å². The molecule has 1 atom stereocenters. The first-order valence-corrected chi connectivity index (χ1v) is 5.20. The van der Waals surface area contributed by atoms with Gasteiger partial charge in [-0.1, -0.05) is 0 Å². The number of rotatable bonds is 1. The molecule has 5 nitrogen and oxygen atoms in total. The van der Waals surface area contributed by atoms with Crippen molar-refractivity contribution in [3.05, 3.63) is 17.8 Å². The zero-order chi connectivity index (χ0) is 11.5. The summed E-state index contributed by atoms with van der Waals surface area (Å²) in [6.07, 6.45) is -0.393. The summed E-state index contributed by atoms with van der Waals surface area (Å²) in [5.74, 6) is 0.753. The molecule has 1 aliphatic heterocycles. The molecule has 0 bridgehead atoms. The highest BCUT2D eigenvalue weighted by atomic mass is 16.5. The number of aryl methyl sites for hydroxylation is 1. The highest BCUT2D eigenvalue weighted by molar-refractivity contribution is 5.63. The topological polar surface area (TPSA) is 75.2 Å². The molecular formula is C11H14N4O. The van der Waals surface area contributed by atoms with Crippen LogP contribution in [0.2, 0.25) is 0 Å². The van der Waals surface area contributed by atoms with E-state index in [-0.39, 0.29) is 0 Å². The van der Waals surface area contributed by atoms with E-state index in [2.05, 4.69) is 11.1 Å². The molecule has 1 aliphatic rings. The Morgan fingerprint density at radius 3 is 3.19 bits per heavy atom. The van der Waals surface area contributed by atoms with E-state index in [1.165, 1.54) is 0 Å². The fraction of sp³-hybridized carbons (Fsp3) is 0.455. The molecular weight excluding hydrogens is 204 g/mol. The molecule has 5 heteroatoms. The van der Waals surface area contributed by atoms with Crippen LogP contribution in [0.1, 0.15) is 5.69 Å². The molecule has 84 valence electrons. The van der Waals surface area contributed by atoms with E-state index in [1.54, 1.807) is 0 Å². The number of pyridine rings is 1. The number of nitriles is 1. The lowest BCUT2D eigenvalue weighted by atomic mass is 10.2. The zero-order valence-electron chi connectivity index (χ0n) is 9.18. The van der Waals surface area contributed by atoms with Gasteiger partial charge in [0.05, 0.1) is 24.9 Å². The molecule has 1 unspecified atom stereocenters. The van der Waals surface area contributed by atoms with Crippen molar-refractivity contribution in [2.45, 2.75) is 13.0 Å². The third-order valence-electron chi connectivity index (χ3n) is 2.55. The fourth-order valence-corrected chi connectivity index (χ4v) is 1.73. The number of anilines is 2. The van der Waals surface area contributed by atoms with E-state index in [4.69, 9.17) is 15.7 Å². The highest BCUT2D eigenvalue weighted by Gasteiger charge is 2.22. The van der Waals surface area contributed by atoms with Gasteiger partial charge in [-0.2, -0.15) is 5.26 Å². The Morgan fingerprint density at radius 2 is 2.44 bits per heavy atom. The predicted molar refractivity (Wildman–Crippen MR) is 61.0 cm³/mol. The maximum atomic E-state index is 8.83. The zero-order valence-corrected chi connectivity index (χ0v) is 9.18. The molecule has 16 heavy (non-hydrogen) atoms. The molecule has 2 N–H and O–H groups in total. The lowest BCUT2D eigenvalue weighted by Crippen LogP contribution is -2.42. The van der Waals surface area contributed by atoms with Gasteiger partial charge in [-0.3, -0.25) is 0 Å². The lowest BCUT2D eigenvalue weighted by molar-refractivity contribution is 0.0762. The Kier molecular flexibility index (Phi) is 2.93. The molecule has 1 saturated heterocycles. The van der Waals surface area contributed by atoms with Crippen LogP contribution in [0.15, 0.2) is 12.1 Å². The first-order chi connectivity index (χ1) is 7.70. The van der Waals surface area contributed by atoms with Crippen molar-refractivity contribution in [1.29, 1.82) is 5.26 Å². The van der Waals surface area contributed by atoms with Crippen LogP contribution in [0, 0.1) is 18.3 Å². The number of nitrogens with zero attached hydrogens (tertiary/aromatic N) is 3. The Bertz CT molecular complexity index is 426. The Balaban J connectivity index is 2.23. The van der Waals surface area contributed by atoms with Crippen molar-refractivity contribution in [3.63, 3.8) is 0 Å². The summed E-state index contributed by atoms with van der Waals surface area (Å²) in [5.41, 5.74) is 7.44. The number of nitrogens with two attached hydrogens (primary N) is 1. The quantitative estimate of drug-likeness (QED) is 0.751. The van der Waals surface area contributed by atoms with Gasteiger partial charge in [0.2, 0.25) is 0 Å². The van der Waals surface area contributed by atoms with Gasteiger partial charge in [0.15, 0.2) is 11.9 Å². The van der Waals surface area contributed by atoms with Crippen molar-refractivity contribution in [3.8, 4) is 6.07 Å². The summed E-state index contributed by atoms with van der Waals surface area (Å²) in [4.78, 5) is 6.40. The van der Waals surface area contributed by atoms with E-state index >= 15 is 0 Å². The van der Waals surface area contributed by atoms with Crippen LogP contribution in [0.5, 0.6) is 0 Å². The molecule has 1 aromatic rings. The molecule has 0 saturated carbocycles. The summed E-state index contributed by atoms with van der Waals surface area (Å²) in [7, 11) is 0. The van der Waals surface area contributed by atoms with Gasteiger partial charge in [0, 0.05) is 12.2 Å². The van der Waals surface area contributed by atoms with Crippen LogP contribution < -0.4 is 10.6 Å². The van der Waals surface area contributed by atoms with Crippen molar-refractivity contribution in [2.24, 2.45) is 0 Å². The molecule has 2 rings (SSSR count). The fourth-order valence-electron chi connectivity index (χ4n) is 1.73. The maximum absolute atomic E-state index is 8.83. The number of hydrogen-bond donors (Lipinski definition) is 1. The highest BCUT2D eigenvalue weighted by Crippen LogP contribution is 2.22. The van der Waals surface area contributed by atoms with Crippen LogP contribution in [-0.4, -0.2) is 30.8 Å². The van der Waals surface area contributed by atoms with Gasteiger partial charge >= 0.3 is 0 Å². The molecule has 0 aliphatic carbocycles. The van der Waals surface area contributed by atoms with Crippen LogP contribution in [0.25, 0.3) is 0 Å². The molecule has 0 radical (unpaired) electrons. The summed E-state index contributed by atoms with van der Waals surface area (Å²) < 4.78 is 5.28. The van der Waals surface area contributed by atoms with Crippen molar-refractivity contribution < 1.29 is 4.74 Å². The second kappa shape index (κ2) is 4.37. The van der Waals surface area contributed by atoms with Crippen LogP contribution in [0.3, 0.4) is 0 Å². The summed E-state index contributed by atoms with van der Waals surface area (Å²) in [6, 6.07) is 5.82. The second-order valence-corrected chi connectivity index (χ2v) is 3.80. The standard InChI is InChI=1S/C11H14N4O/c1-8-2-3-10(13)11(14-8)15-4-5-16-9(6-12)7-15/h2-3,9H,4-5,7,13H2,1H3. The summed E-state index contributed by atoms with van der Waals surface area (Å²) in [5, 5.41) is 8.83. The van der Waals surface area contributed by atoms with Crippen molar-refractivity contribution >= 4 is 11.5 Å². The number of ether oxygens (including phenoxy) is 1. The minimum Gasteiger partial charge on any atom is -0.396 e. The van der Waals surface area contributed by atoms with Gasteiger partial charge in [0.1, 0.15) is 0 Å². The summed E-state index contributed by atoms with van der Waals surface area (Å²) in [6.45, 7) is 3.70. The van der Waals surface area contributed by atoms with E-state index in [1.807, 2.05) is 24.0 Å². The molecule has 0 amide bonds. The molecule has 1 fully saturated rings. The number of aromatic nitrogens is 1. The predicted octanol–water partition coefficient (Wildman–Crippen LogP) is 0.701. The number of morpholine rings is 1. The molecule has 0 spiro atoms. The first-order valence-electron chi connectivity index (χ1n) is 5.20. The van der Waals surface area contributed by atoms with Gasteiger partial charge in [-0.05, 0) is 19.1 Å². The van der Waals surface area contributed by atoms with Gasteiger partial charge in [-0.25, -0.2) is 4.98 Å². The van der Waals surface area contributed by atoms with E-state index in [0.717, 1.165) is 18.1 Å². The Morgan fingerprint density at radius 1 is 1.62 bits per heavy atom. The molecule has 2 heterocycles. The second-order valence-electron chi connectivity index (χ2n) is 3.80. The number of hydrogen-bond acceptors (Lipinski definition) is 5. The van der Waals surface area contributed by atoms with Crippen molar-refractivity contribution in [2.75, 3.05) is 30.3 Å². The summed E-state index contributed by atoms with van der Waals surface area (Å²) >= 11 is 0. The Labute approximate surface area is 94.4 Å². The monoisotopic (exact) mass is 218 g/mol. The molecule has 0 aromatic carbocycles. The Hall–Kier alpha value is -1.80. The number of nitrogen functional groups attached to an aromatic ring is 1. The first kappa shape index (κ1) is 10.7. The van der Waals surface area contributed by atoms with Crippen LogP contribution >= 0.6 is 0 Å². The van der Waals surface area contributed by atoms with Gasteiger partial charge in [-0.15, -0.1) is 0 Å². The average Bonchev–Trinajstić information content (AvgIpc) is 2.32. The van der Waals surface area contributed by atoms with Gasteiger partial charge < -0.3 is 15.4 Å². The third-order valence-corrected chi connectivity index (χ3v) is 2.55. The van der Waals surface area contributed by atoms with Crippen molar-refractivity contribution in [1.82, 2.24) is 4.98 Å². The van der Waals surface area contributed by atoms with E-state index in [0.29, 0.717) is 18.8 Å². The maximum Gasteiger partial charge on any atom is 0.161 e. The average molecular weight is 218 g/mol. The van der Waals surface area contributed by atoms with Crippen LogP contribution in [0.4, 0.5) is 11.5 Å². The third kappa shape index (κ3) is 2.07. The van der Waals surface area contributed by atoms with E-state index < -0.39 is 6.10 Å². The smallest absolute Gasteiger partial charge is 0.161 e. The minimum atomic E-state index is -0.393. The van der Waals surface area contributed by atoms with E-state index in [9.17, 15) is 0 Å². The normalized spacial score (nSPS) is 20.5.